The minimum atomic E-state index is -0.0167. The first-order valence-electron chi connectivity index (χ1n) is 5.24. The van der Waals surface area contributed by atoms with Crippen molar-refractivity contribution in [3.05, 3.63) is 23.8 Å². The molecule has 0 saturated heterocycles. The lowest BCUT2D eigenvalue weighted by Crippen LogP contribution is -2.02. The predicted molar refractivity (Wildman–Crippen MR) is 57.1 cm³/mol. The van der Waals surface area contributed by atoms with Crippen molar-refractivity contribution in [3.8, 4) is 11.5 Å². The smallest absolute Gasteiger partial charge is 0.125 e. The maximum atomic E-state index is 9.18. The predicted octanol–water partition coefficient (Wildman–Crippen LogP) is 1.98. The summed E-state index contributed by atoms with van der Waals surface area (Å²) in [6, 6.07) is 5.51. The molecule has 0 amide bonds. The topological polar surface area (TPSA) is 38.7 Å². The van der Waals surface area contributed by atoms with Gasteiger partial charge in [-0.05, 0) is 37.0 Å². The third-order valence-electron chi connectivity index (χ3n) is 2.61. The van der Waals surface area contributed by atoms with E-state index in [9.17, 15) is 5.11 Å². The second-order valence-corrected chi connectivity index (χ2v) is 3.89. The fourth-order valence-corrected chi connectivity index (χ4v) is 1.44. The molecule has 1 saturated carbocycles. The normalized spacial score (nSPS) is 15.1. The summed E-state index contributed by atoms with van der Waals surface area (Å²) in [6.07, 6.45) is 2.54. The van der Waals surface area contributed by atoms with Gasteiger partial charge in [0.2, 0.25) is 0 Å². The van der Waals surface area contributed by atoms with E-state index >= 15 is 0 Å². The summed E-state index contributed by atoms with van der Waals surface area (Å²) in [7, 11) is 1.61. The Hall–Kier alpha value is -1.22. The van der Waals surface area contributed by atoms with Crippen LogP contribution in [0, 0.1) is 5.92 Å². The highest BCUT2D eigenvalue weighted by Crippen LogP contribution is 2.31. The monoisotopic (exact) mass is 208 g/mol. The molecular weight excluding hydrogens is 192 g/mol. The van der Waals surface area contributed by atoms with Gasteiger partial charge in [-0.15, -0.1) is 0 Å². The number of aliphatic hydroxyl groups is 1. The van der Waals surface area contributed by atoms with E-state index in [1.807, 2.05) is 18.2 Å². The molecule has 0 spiro atoms. The first-order chi connectivity index (χ1) is 7.33. The van der Waals surface area contributed by atoms with Crippen molar-refractivity contribution in [1.82, 2.24) is 0 Å². The van der Waals surface area contributed by atoms with E-state index in [1.165, 1.54) is 12.8 Å². The Balaban J connectivity index is 2.06. The lowest BCUT2D eigenvalue weighted by molar-refractivity contribution is 0.257. The van der Waals surface area contributed by atoms with Crippen LogP contribution in [-0.4, -0.2) is 18.8 Å². The van der Waals surface area contributed by atoms with Crippen LogP contribution in [0.3, 0.4) is 0 Å². The van der Waals surface area contributed by atoms with E-state index < -0.39 is 0 Å². The summed E-state index contributed by atoms with van der Waals surface area (Å²) in [6.45, 7) is 0.747. The van der Waals surface area contributed by atoms with E-state index in [4.69, 9.17) is 9.47 Å². The van der Waals surface area contributed by atoms with Crippen LogP contribution in [0.5, 0.6) is 11.5 Å². The van der Waals surface area contributed by atoms with Gasteiger partial charge in [0.05, 0.1) is 20.3 Å². The van der Waals surface area contributed by atoms with Gasteiger partial charge in [0.25, 0.3) is 0 Å². The van der Waals surface area contributed by atoms with Crippen molar-refractivity contribution >= 4 is 0 Å². The van der Waals surface area contributed by atoms with E-state index in [1.54, 1.807) is 7.11 Å². The van der Waals surface area contributed by atoms with Gasteiger partial charge in [-0.25, -0.2) is 0 Å². The number of hydrogen-bond donors (Lipinski definition) is 1. The summed E-state index contributed by atoms with van der Waals surface area (Å²) >= 11 is 0. The van der Waals surface area contributed by atoms with Crippen LogP contribution in [0.15, 0.2) is 18.2 Å². The number of methoxy groups -OCH3 is 1. The zero-order chi connectivity index (χ0) is 10.7. The Kier molecular flexibility index (Phi) is 3.11. The molecule has 0 bridgehead atoms. The molecule has 1 aliphatic rings. The lowest BCUT2D eigenvalue weighted by atomic mass is 10.2. The highest BCUT2D eigenvalue weighted by atomic mass is 16.5. The molecule has 3 heteroatoms. The van der Waals surface area contributed by atoms with Crippen molar-refractivity contribution < 1.29 is 14.6 Å². The number of benzene rings is 1. The van der Waals surface area contributed by atoms with Crippen LogP contribution in [0.1, 0.15) is 18.4 Å². The van der Waals surface area contributed by atoms with Gasteiger partial charge in [-0.2, -0.15) is 0 Å². The Labute approximate surface area is 89.6 Å². The number of hydrogen-bond acceptors (Lipinski definition) is 3. The molecule has 1 fully saturated rings. The molecule has 1 aromatic rings. The Morgan fingerprint density at radius 2 is 2.20 bits per heavy atom. The molecule has 2 rings (SSSR count). The van der Waals surface area contributed by atoms with Gasteiger partial charge in [0.1, 0.15) is 11.5 Å². The summed E-state index contributed by atoms with van der Waals surface area (Å²) in [4.78, 5) is 0. The maximum absolute atomic E-state index is 9.18. The van der Waals surface area contributed by atoms with Crippen LogP contribution in [0.25, 0.3) is 0 Å². The SMILES string of the molecule is COc1ccc(OCC2CC2)c(CO)c1. The fourth-order valence-electron chi connectivity index (χ4n) is 1.44. The zero-order valence-corrected chi connectivity index (χ0v) is 8.90. The summed E-state index contributed by atoms with van der Waals surface area (Å²) < 4.78 is 10.7. The highest BCUT2D eigenvalue weighted by molar-refractivity contribution is 5.39. The van der Waals surface area contributed by atoms with E-state index in [-0.39, 0.29) is 6.61 Å². The molecule has 1 aliphatic carbocycles. The number of ether oxygens (including phenoxy) is 2. The fraction of sp³-hybridized carbons (Fsp3) is 0.500. The molecule has 1 N–H and O–H groups in total. The van der Waals surface area contributed by atoms with Crippen molar-refractivity contribution in [1.29, 1.82) is 0 Å². The van der Waals surface area contributed by atoms with Gasteiger partial charge in [0, 0.05) is 5.56 Å². The van der Waals surface area contributed by atoms with Gasteiger partial charge in [-0.3, -0.25) is 0 Å². The van der Waals surface area contributed by atoms with Crippen LogP contribution < -0.4 is 9.47 Å². The van der Waals surface area contributed by atoms with E-state index in [2.05, 4.69) is 0 Å². The Morgan fingerprint density at radius 1 is 1.40 bits per heavy atom. The third kappa shape index (κ3) is 2.63. The van der Waals surface area contributed by atoms with Crippen molar-refractivity contribution in [2.75, 3.05) is 13.7 Å². The van der Waals surface area contributed by atoms with Crippen LogP contribution >= 0.6 is 0 Å². The molecule has 3 nitrogen and oxygen atoms in total. The molecular formula is C12H16O3. The second kappa shape index (κ2) is 4.53. The molecule has 0 unspecified atom stereocenters. The molecule has 0 heterocycles. The molecule has 0 aromatic heterocycles. The molecule has 15 heavy (non-hydrogen) atoms. The standard InChI is InChI=1S/C12H16O3/c1-14-11-4-5-12(10(6-11)7-13)15-8-9-2-3-9/h4-6,9,13H,2-3,7-8H2,1H3. The summed E-state index contributed by atoms with van der Waals surface area (Å²) in [5.41, 5.74) is 0.787. The average molecular weight is 208 g/mol. The minimum absolute atomic E-state index is 0.0167. The van der Waals surface area contributed by atoms with Crippen molar-refractivity contribution in [3.63, 3.8) is 0 Å². The Morgan fingerprint density at radius 3 is 2.80 bits per heavy atom. The summed E-state index contributed by atoms with van der Waals surface area (Å²) in [5.74, 6) is 2.24. The minimum Gasteiger partial charge on any atom is -0.497 e. The zero-order valence-electron chi connectivity index (χ0n) is 8.90. The van der Waals surface area contributed by atoms with Crippen LogP contribution in [-0.2, 0) is 6.61 Å². The number of rotatable bonds is 5. The van der Waals surface area contributed by atoms with Gasteiger partial charge in [-0.1, -0.05) is 0 Å². The quantitative estimate of drug-likeness (QED) is 0.804. The molecule has 82 valence electrons. The van der Waals surface area contributed by atoms with Crippen LogP contribution in [0.2, 0.25) is 0 Å². The van der Waals surface area contributed by atoms with E-state index in [0.29, 0.717) is 0 Å². The maximum Gasteiger partial charge on any atom is 0.125 e. The van der Waals surface area contributed by atoms with Crippen molar-refractivity contribution in [2.24, 2.45) is 5.92 Å². The highest BCUT2D eigenvalue weighted by Gasteiger charge is 2.22. The lowest BCUT2D eigenvalue weighted by Gasteiger charge is -2.10. The van der Waals surface area contributed by atoms with Crippen molar-refractivity contribution in [2.45, 2.75) is 19.4 Å². The van der Waals surface area contributed by atoms with Gasteiger partial charge in [0.15, 0.2) is 0 Å². The molecule has 0 atom stereocenters. The average Bonchev–Trinajstić information content (AvgIpc) is 3.10. The largest absolute Gasteiger partial charge is 0.497 e. The molecule has 1 aromatic carbocycles. The first-order valence-corrected chi connectivity index (χ1v) is 5.24. The molecule has 0 radical (unpaired) electrons. The van der Waals surface area contributed by atoms with E-state index in [0.717, 1.165) is 29.6 Å². The van der Waals surface area contributed by atoms with Gasteiger partial charge >= 0.3 is 0 Å². The number of aliphatic hydroxyl groups excluding tert-OH is 1. The van der Waals surface area contributed by atoms with Gasteiger partial charge < -0.3 is 14.6 Å². The third-order valence-corrected chi connectivity index (χ3v) is 2.61. The first kappa shape index (κ1) is 10.3. The van der Waals surface area contributed by atoms with Crippen LogP contribution in [0.4, 0.5) is 0 Å². The Bertz CT molecular complexity index is 332. The summed E-state index contributed by atoms with van der Waals surface area (Å²) in [5, 5.41) is 9.18. The second-order valence-electron chi connectivity index (χ2n) is 3.89. The molecule has 0 aliphatic heterocycles.